The Kier molecular flexibility index (Phi) is 9.53. The van der Waals surface area contributed by atoms with Crippen molar-refractivity contribution in [1.29, 1.82) is 0 Å². The first-order valence-corrected chi connectivity index (χ1v) is 20.5. The third-order valence-corrected chi connectivity index (χ3v) is 13.8. The molecule has 1 N–H and O–H groups in total. The molecule has 1 spiro atoms. The van der Waals surface area contributed by atoms with E-state index in [1.54, 1.807) is 4.90 Å². The van der Waals surface area contributed by atoms with Gasteiger partial charge in [-0.3, -0.25) is 29.4 Å². The van der Waals surface area contributed by atoms with Crippen LogP contribution < -0.4 is 15.1 Å². The van der Waals surface area contributed by atoms with Crippen LogP contribution in [0.3, 0.4) is 0 Å². The lowest BCUT2D eigenvalue weighted by Crippen LogP contribution is -2.52. The highest BCUT2D eigenvalue weighted by Gasteiger charge is 2.44. The van der Waals surface area contributed by atoms with Crippen molar-refractivity contribution in [3.05, 3.63) is 98.9 Å². The van der Waals surface area contributed by atoms with E-state index in [4.69, 9.17) is 18.2 Å². The summed E-state index contributed by atoms with van der Waals surface area (Å²) in [5, 5.41) is 2.90. The minimum absolute atomic E-state index is 0.108. The van der Waals surface area contributed by atoms with Crippen LogP contribution in [0.15, 0.2) is 54.6 Å². The Morgan fingerprint density at radius 2 is 1.59 bits per heavy atom. The van der Waals surface area contributed by atoms with Crippen LogP contribution in [0.2, 0.25) is 5.02 Å². The van der Waals surface area contributed by atoms with Crippen LogP contribution in [0.1, 0.15) is 89.3 Å². The fraction of sp³-hybridized carbons (Fsp3) is 0.477. The van der Waals surface area contributed by atoms with Gasteiger partial charge in [0.2, 0.25) is 17.5 Å². The number of hydrogen-bond acceptors (Lipinski definition) is 7. The highest BCUT2D eigenvalue weighted by Crippen LogP contribution is 2.46. The number of fused-ring (bicyclic) bond motifs is 2. The molecule has 9 rings (SSSR count). The molecule has 6 aliphatic heterocycles. The van der Waals surface area contributed by atoms with Gasteiger partial charge in [0.1, 0.15) is 6.04 Å². The summed E-state index contributed by atoms with van der Waals surface area (Å²) in [7, 11) is 0. The van der Waals surface area contributed by atoms with Gasteiger partial charge in [-0.1, -0.05) is 23.7 Å². The van der Waals surface area contributed by atoms with Gasteiger partial charge in [0.25, 0.3) is 11.8 Å². The fourth-order valence-corrected chi connectivity index (χ4v) is 10.6. The SMILES string of the molecule is [C-]#[N+]c1ccc(N2CC3(CCN(c4ccc(C(=O)N5CCC(CN6Cc7cc8c(cc7C6)C(=O)N(C6CCC(=O)NC6=O)C8)CC5)cc4)CC3)C[C@@H]2C)cc1Cl. The number of amides is 4. The average molecular weight is 774 g/mol. The number of rotatable bonds is 6. The van der Waals surface area contributed by atoms with E-state index in [2.05, 4.69) is 50.0 Å². The van der Waals surface area contributed by atoms with Gasteiger partial charge in [-0.15, -0.1) is 0 Å². The molecule has 0 aliphatic carbocycles. The zero-order chi connectivity index (χ0) is 38.7. The Morgan fingerprint density at radius 1 is 0.875 bits per heavy atom. The average Bonchev–Trinajstić information content (AvgIpc) is 3.85. The van der Waals surface area contributed by atoms with Gasteiger partial charge >= 0.3 is 0 Å². The smallest absolute Gasteiger partial charge is 0.255 e. The van der Waals surface area contributed by atoms with Crippen molar-refractivity contribution in [1.82, 2.24) is 20.0 Å². The molecule has 2 atom stereocenters. The minimum atomic E-state index is -0.594. The van der Waals surface area contributed by atoms with E-state index in [0.29, 0.717) is 41.2 Å². The Morgan fingerprint density at radius 3 is 2.29 bits per heavy atom. The van der Waals surface area contributed by atoms with E-state index >= 15 is 0 Å². The van der Waals surface area contributed by atoms with Crippen LogP contribution in [0.25, 0.3) is 4.85 Å². The van der Waals surface area contributed by atoms with E-state index in [1.165, 1.54) is 16.8 Å². The molecule has 56 heavy (non-hydrogen) atoms. The molecule has 12 heteroatoms. The second-order valence-corrected chi connectivity index (χ2v) is 17.5. The van der Waals surface area contributed by atoms with Gasteiger partial charge in [-0.25, -0.2) is 4.85 Å². The summed E-state index contributed by atoms with van der Waals surface area (Å²) in [6.45, 7) is 17.1. The van der Waals surface area contributed by atoms with Crippen LogP contribution in [0.5, 0.6) is 0 Å². The molecule has 6 aliphatic rings. The Balaban J connectivity index is 0.737. The zero-order valence-electron chi connectivity index (χ0n) is 31.9. The number of hydrogen-bond donors (Lipinski definition) is 1. The van der Waals surface area contributed by atoms with E-state index in [0.717, 1.165) is 101 Å². The largest absolute Gasteiger partial charge is 0.371 e. The summed E-state index contributed by atoms with van der Waals surface area (Å²) in [4.78, 5) is 65.5. The molecule has 4 fully saturated rings. The topological polar surface area (TPSA) is 101 Å². The number of nitrogens with zero attached hydrogens (tertiary/aromatic N) is 6. The number of piperidine rings is 3. The molecule has 3 aromatic rings. The second-order valence-electron chi connectivity index (χ2n) is 17.0. The Labute approximate surface area is 333 Å². The third-order valence-electron chi connectivity index (χ3n) is 13.5. The van der Waals surface area contributed by atoms with Crippen LogP contribution in [-0.4, -0.2) is 89.7 Å². The zero-order valence-corrected chi connectivity index (χ0v) is 32.7. The standard InChI is InChI=1S/C44H48ClN7O4/c1-28-22-44(27-52(28)35-7-8-38(46-2)37(45)21-35)13-17-49(18-14-44)34-5-3-30(4-6-34)42(55)50-15-11-29(12-16-50)23-48-24-31-19-33-26-51(39-9-10-40(53)47-41(39)54)43(56)36(33)20-32(31)25-48/h3-8,19-21,28-29,39H,9-18,22-27H2,1H3,(H,47,53,54)/t28-,39?/m0/s1. The molecule has 0 saturated carbocycles. The van der Waals surface area contributed by atoms with Crippen molar-refractivity contribution in [2.75, 3.05) is 49.1 Å². The predicted octanol–water partition coefficient (Wildman–Crippen LogP) is 6.41. The third kappa shape index (κ3) is 6.81. The summed E-state index contributed by atoms with van der Waals surface area (Å²) in [6.07, 6.45) is 5.95. The van der Waals surface area contributed by atoms with Gasteiger partial charge < -0.3 is 19.6 Å². The van der Waals surface area contributed by atoms with E-state index in [1.807, 2.05) is 41.3 Å². The number of imide groups is 1. The maximum atomic E-state index is 13.6. The lowest BCUT2D eigenvalue weighted by molar-refractivity contribution is -0.136. The van der Waals surface area contributed by atoms with Crippen molar-refractivity contribution < 1.29 is 19.2 Å². The molecule has 1 unspecified atom stereocenters. The molecule has 4 amide bonds. The number of nitrogens with one attached hydrogen (secondary N) is 1. The lowest BCUT2D eigenvalue weighted by atomic mass is 9.76. The number of likely N-dealkylation sites (tertiary alicyclic amines) is 1. The summed E-state index contributed by atoms with van der Waals surface area (Å²) in [6, 6.07) is 18.0. The van der Waals surface area contributed by atoms with Crippen molar-refractivity contribution in [2.45, 2.75) is 83.6 Å². The van der Waals surface area contributed by atoms with Gasteiger partial charge in [0.15, 0.2) is 0 Å². The van der Waals surface area contributed by atoms with E-state index in [-0.39, 0.29) is 35.5 Å². The highest BCUT2D eigenvalue weighted by atomic mass is 35.5. The van der Waals surface area contributed by atoms with Gasteiger partial charge in [0.05, 0.1) is 6.57 Å². The van der Waals surface area contributed by atoms with Crippen molar-refractivity contribution in [2.24, 2.45) is 11.3 Å². The van der Waals surface area contributed by atoms with Gasteiger partial charge in [-0.05, 0) is 116 Å². The van der Waals surface area contributed by atoms with Crippen molar-refractivity contribution in [3.8, 4) is 0 Å². The lowest BCUT2D eigenvalue weighted by Gasteiger charge is -2.40. The quantitative estimate of drug-likeness (QED) is 0.229. The van der Waals surface area contributed by atoms with Crippen LogP contribution in [0.4, 0.5) is 17.1 Å². The van der Waals surface area contributed by atoms with Gasteiger partial charge in [0, 0.05) is 98.9 Å². The minimum Gasteiger partial charge on any atom is -0.371 e. The summed E-state index contributed by atoms with van der Waals surface area (Å²) >= 11 is 6.39. The predicted molar refractivity (Wildman–Crippen MR) is 215 cm³/mol. The highest BCUT2D eigenvalue weighted by molar-refractivity contribution is 6.33. The van der Waals surface area contributed by atoms with E-state index in [9.17, 15) is 19.2 Å². The fourth-order valence-electron chi connectivity index (χ4n) is 10.4. The monoisotopic (exact) mass is 773 g/mol. The molecule has 0 aromatic heterocycles. The molecular formula is C44H48ClN7O4. The van der Waals surface area contributed by atoms with Crippen LogP contribution >= 0.6 is 11.6 Å². The molecule has 6 heterocycles. The molecule has 0 radical (unpaired) electrons. The second kappa shape index (κ2) is 14.5. The first-order chi connectivity index (χ1) is 27.1. The molecule has 11 nitrogen and oxygen atoms in total. The first kappa shape index (κ1) is 36.7. The maximum absolute atomic E-state index is 13.6. The molecule has 0 bridgehead atoms. The van der Waals surface area contributed by atoms with Crippen molar-refractivity contribution in [3.63, 3.8) is 0 Å². The van der Waals surface area contributed by atoms with Crippen LogP contribution in [0, 0.1) is 17.9 Å². The normalized spacial score (nSPS) is 23.8. The number of halogens is 1. The Bertz CT molecular complexity index is 2130. The van der Waals surface area contributed by atoms with Crippen molar-refractivity contribution >= 4 is 52.3 Å². The summed E-state index contributed by atoms with van der Waals surface area (Å²) < 4.78 is 0. The maximum Gasteiger partial charge on any atom is 0.255 e. The number of carbonyl (C=O) groups is 4. The molecular weight excluding hydrogens is 726 g/mol. The van der Waals surface area contributed by atoms with Crippen LogP contribution in [-0.2, 0) is 29.2 Å². The number of carbonyl (C=O) groups excluding carboxylic acids is 4. The van der Waals surface area contributed by atoms with Gasteiger partial charge in [-0.2, -0.15) is 0 Å². The molecule has 4 saturated heterocycles. The molecule has 290 valence electrons. The summed E-state index contributed by atoms with van der Waals surface area (Å²) in [5.74, 6) is -0.164. The molecule has 3 aromatic carbocycles. The Hall–Kier alpha value is -4.92. The summed E-state index contributed by atoms with van der Waals surface area (Å²) in [5.41, 5.74) is 7.85. The number of anilines is 2. The van der Waals surface area contributed by atoms with E-state index < -0.39 is 6.04 Å². The number of benzene rings is 3. The first-order valence-electron chi connectivity index (χ1n) is 20.2.